The summed E-state index contributed by atoms with van der Waals surface area (Å²) in [5, 5.41) is 4.57. The van der Waals surface area contributed by atoms with Crippen molar-refractivity contribution in [3.8, 4) is 11.5 Å². The van der Waals surface area contributed by atoms with E-state index in [1.165, 1.54) is 29.5 Å². The van der Waals surface area contributed by atoms with Crippen LogP contribution < -0.4 is 5.32 Å². The third-order valence-corrected chi connectivity index (χ3v) is 4.70. The van der Waals surface area contributed by atoms with Crippen LogP contribution in [0.25, 0.3) is 22.6 Å². The number of fused-ring (bicyclic) bond motifs is 1. The molecule has 0 saturated carbocycles. The molecule has 0 bridgehead atoms. The average molecular weight is 387 g/mol. The highest BCUT2D eigenvalue weighted by molar-refractivity contribution is 7.07. The largest absolute Gasteiger partial charge is 0.324 e. The number of amides is 1. The van der Waals surface area contributed by atoms with E-state index in [2.05, 4.69) is 15.3 Å². The van der Waals surface area contributed by atoms with Gasteiger partial charge in [0, 0.05) is 11.1 Å². The normalized spacial score (nSPS) is 11.0. The number of carbonyl (C=O) groups excluding carboxylic acids is 1. The van der Waals surface area contributed by atoms with Gasteiger partial charge in [-0.3, -0.25) is 4.79 Å². The summed E-state index contributed by atoms with van der Waals surface area (Å²) in [5.74, 6) is -0.178. The molecule has 0 saturated heterocycles. The number of hydrogen-bond acceptors (Lipinski definition) is 4. The first kappa shape index (κ1) is 16.7. The fourth-order valence-corrected chi connectivity index (χ4v) is 3.38. The van der Waals surface area contributed by atoms with E-state index >= 15 is 0 Å². The summed E-state index contributed by atoms with van der Waals surface area (Å²) in [5.41, 5.74) is 4.49. The average Bonchev–Trinajstić information content (AvgIpc) is 3.26. The van der Waals surface area contributed by atoms with Gasteiger partial charge in [0.2, 0.25) is 5.91 Å². The van der Waals surface area contributed by atoms with E-state index in [1.54, 1.807) is 5.51 Å². The van der Waals surface area contributed by atoms with Gasteiger partial charge in [0.15, 0.2) is 5.82 Å². The lowest BCUT2D eigenvalue weighted by Crippen LogP contribution is -2.19. The number of nitrogens with one attached hydrogen (secondary N) is 1. The second-order valence-corrected chi connectivity index (χ2v) is 6.69. The molecule has 4 aromatic rings. The molecule has 0 aliphatic rings. The van der Waals surface area contributed by atoms with Crippen LogP contribution >= 0.6 is 22.9 Å². The van der Waals surface area contributed by atoms with Gasteiger partial charge in [-0.2, -0.15) is 0 Å². The number of aromatic nitrogens is 3. The standard InChI is InChI=1S/C18H12ClFN4OS/c19-12-7-11(5-6-13(12)20)22-17(25)8-24-16-4-2-1-3-14(16)23-18(24)15-9-26-10-21-15/h1-7,9-10H,8H2,(H,22,25). The zero-order valence-electron chi connectivity index (χ0n) is 13.3. The molecule has 130 valence electrons. The minimum atomic E-state index is -0.531. The fourth-order valence-electron chi connectivity index (χ4n) is 2.67. The van der Waals surface area contributed by atoms with Crippen LogP contribution in [0.1, 0.15) is 0 Å². The van der Waals surface area contributed by atoms with Crippen LogP contribution in [0, 0.1) is 5.82 Å². The Bertz CT molecular complexity index is 1090. The first-order chi connectivity index (χ1) is 12.6. The fraction of sp³-hybridized carbons (Fsp3) is 0.0556. The van der Waals surface area contributed by atoms with Crippen LogP contribution in [-0.2, 0) is 11.3 Å². The molecule has 2 aromatic heterocycles. The highest BCUT2D eigenvalue weighted by atomic mass is 35.5. The highest BCUT2D eigenvalue weighted by Crippen LogP contribution is 2.25. The van der Waals surface area contributed by atoms with Gasteiger partial charge in [-0.1, -0.05) is 23.7 Å². The Morgan fingerprint density at radius 2 is 2.12 bits per heavy atom. The summed E-state index contributed by atoms with van der Waals surface area (Å²) in [6.45, 7) is 0.0440. The molecular formula is C18H12ClFN4OS. The lowest BCUT2D eigenvalue weighted by molar-refractivity contribution is -0.116. The molecule has 0 radical (unpaired) electrons. The maximum atomic E-state index is 13.3. The minimum absolute atomic E-state index is 0.0426. The summed E-state index contributed by atoms with van der Waals surface area (Å²) in [7, 11) is 0. The van der Waals surface area contributed by atoms with Gasteiger partial charge < -0.3 is 9.88 Å². The van der Waals surface area contributed by atoms with Gasteiger partial charge in [0.1, 0.15) is 18.1 Å². The number of anilines is 1. The smallest absolute Gasteiger partial charge is 0.244 e. The summed E-state index contributed by atoms with van der Waals surface area (Å²) >= 11 is 7.22. The molecule has 0 aliphatic heterocycles. The van der Waals surface area contributed by atoms with E-state index in [-0.39, 0.29) is 17.5 Å². The lowest BCUT2D eigenvalue weighted by Gasteiger charge is -2.09. The number of hydrogen-bond donors (Lipinski definition) is 1. The molecule has 5 nitrogen and oxygen atoms in total. The molecule has 0 aliphatic carbocycles. The van der Waals surface area contributed by atoms with Crippen molar-refractivity contribution in [2.24, 2.45) is 0 Å². The summed E-state index contributed by atoms with van der Waals surface area (Å²) in [6, 6.07) is 11.6. The van der Waals surface area contributed by atoms with Gasteiger partial charge in [0.05, 0.1) is 21.6 Å². The van der Waals surface area contributed by atoms with Crippen molar-refractivity contribution >= 4 is 45.6 Å². The highest BCUT2D eigenvalue weighted by Gasteiger charge is 2.16. The topological polar surface area (TPSA) is 59.8 Å². The van der Waals surface area contributed by atoms with Crippen molar-refractivity contribution in [1.29, 1.82) is 0 Å². The molecule has 1 amide bonds. The minimum Gasteiger partial charge on any atom is -0.324 e. The maximum absolute atomic E-state index is 13.3. The SMILES string of the molecule is O=C(Cn1c(-c2cscn2)nc2ccccc21)Nc1ccc(F)c(Cl)c1. The van der Waals surface area contributed by atoms with Crippen LogP contribution in [0.4, 0.5) is 10.1 Å². The number of rotatable bonds is 4. The number of thiazole rings is 1. The zero-order valence-corrected chi connectivity index (χ0v) is 14.9. The van der Waals surface area contributed by atoms with Crippen LogP contribution in [-0.4, -0.2) is 20.4 Å². The van der Waals surface area contributed by atoms with Crippen molar-refractivity contribution in [1.82, 2.24) is 14.5 Å². The molecule has 4 rings (SSSR count). The van der Waals surface area contributed by atoms with E-state index in [0.717, 1.165) is 11.0 Å². The predicted molar refractivity (Wildman–Crippen MR) is 101 cm³/mol. The Morgan fingerprint density at radius 3 is 2.88 bits per heavy atom. The zero-order chi connectivity index (χ0) is 18.1. The Kier molecular flexibility index (Phi) is 4.40. The molecule has 2 heterocycles. The summed E-state index contributed by atoms with van der Waals surface area (Å²) in [6.07, 6.45) is 0. The van der Waals surface area contributed by atoms with Gasteiger partial charge >= 0.3 is 0 Å². The Hall–Kier alpha value is -2.77. The van der Waals surface area contributed by atoms with Crippen LogP contribution in [0.2, 0.25) is 5.02 Å². The quantitative estimate of drug-likeness (QED) is 0.558. The van der Waals surface area contributed by atoms with E-state index in [4.69, 9.17) is 11.6 Å². The molecule has 26 heavy (non-hydrogen) atoms. The lowest BCUT2D eigenvalue weighted by atomic mass is 10.3. The monoisotopic (exact) mass is 386 g/mol. The molecule has 2 aromatic carbocycles. The van der Waals surface area contributed by atoms with Crippen molar-refractivity contribution in [2.45, 2.75) is 6.54 Å². The van der Waals surface area contributed by atoms with Crippen molar-refractivity contribution < 1.29 is 9.18 Å². The number of imidazole rings is 1. The first-order valence-corrected chi connectivity index (χ1v) is 9.02. The van der Waals surface area contributed by atoms with E-state index in [1.807, 2.05) is 34.2 Å². The Morgan fingerprint density at radius 1 is 1.27 bits per heavy atom. The van der Waals surface area contributed by atoms with Gasteiger partial charge in [-0.15, -0.1) is 11.3 Å². The van der Waals surface area contributed by atoms with Crippen LogP contribution in [0.3, 0.4) is 0 Å². The third-order valence-electron chi connectivity index (χ3n) is 3.82. The van der Waals surface area contributed by atoms with Gasteiger partial charge in [-0.25, -0.2) is 14.4 Å². The van der Waals surface area contributed by atoms with Crippen molar-refractivity contribution in [3.05, 3.63) is 64.2 Å². The molecule has 0 atom stereocenters. The molecule has 1 N–H and O–H groups in total. The molecular weight excluding hydrogens is 375 g/mol. The number of carbonyl (C=O) groups is 1. The molecule has 0 spiro atoms. The van der Waals surface area contributed by atoms with Gasteiger partial charge in [-0.05, 0) is 30.3 Å². The van der Waals surface area contributed by atoms with Crippen molar-refractivity contribution in [3.63, 3.8) is 0 Å². The summed E-state index contributed by atoms with van der Waals surface area (Å²) in [4.78, 5) is 21.4. The number of para-hydroxylation sites is 2. The van der Waals surface area contributed by atoms with Crippen LogP contribution in [0.5, 0.6) is 0 Å². The second kappa shape index (κ2) is 6.86. The number of nitrogens with zero attached hydrogens (tertiary/aromatic N) is 3. The Balaban J connectivity index is 1.66. The van der Waals surface area contributed by atoms with E-state index in [0.29, 0.717) is 17.2 Å². The van der Waals surface area contributed by atoms with Gasteiger partial charge in [0.25, 0.3) is 0 Å². The second-order valence-electron chi connectivity index (χ2n) is 5.56. The number of benzene rings is 2. The predicted octanol–water partition coefficient (Wildman–Crippen LogP) is 4.59. The van der Waals surface area contributed by atoms with Crippen molar-refractivity contribution in [2.75, 3.05) is 5.32 Å². The number of halogens is 2. The first-order valence-electron chi connectivity index (χ1n) is 7.70. The third kappa shape index (κ3) is 3.18. The van der Waals surface area contributed by atoms with Crippen LogP contribution in [0.15, 0.2) is 53.4 Å². The maximum Gasteiger partial charge on any atom is 0.244 e. The molecule has 0 fully saturated rings. The Labute approximate surface area is 157 Å². The molecule has 0 unspecified atom stereocenters. The van der Waals surface area contributed by atoms with E-state index < -0.39 is 5.82 Å². The molecule has 8 heteroatoms. The van der Waals surface area contributed by atoms with E-state index in [9.17, 15) is 9.18 Å². The summed E-state index contributed by atoms with van der Waals surface area (Å²) < 4.78 is 15.1.